The Labute approximate surface area is 97.3 Å². The first-order chi connectivity index (χ1) is 7.60. The van der Waals surface area contributed by atoms with Gasteiger partial charge in [0.1, 0.15) is 0 Å². The molecule has 0 fully saturated rings. The van der Waals surface area contributed by atoms with E-state index in [0.717, 1.165) is 6.42 Å². The molecule has 0 aliphatic carbocycles. The number of carbonyl (C=O) groups is 2. The molecule has 0 spiro atoms. The van der Waals surface area contributed by atoms with E-state index < -0.39 is 0 Å². The highest BCUT2D eigenvalue weighted by Crippen LogP contribution is 2.04. The van der Waals surface area contributed by atoms with Crippen LogP contribution >= 0.6 is 0 Å². The Morgan fingerprint density at radius 3 is 2.12 bits per heavy atom. The fraction of sp³-hybridized carbons (Fsp3) is 0.833. The number of hydrogen-bond acceptors (Lipinski definition) is 4. The number of esters is 2. The first-order valence-corrected chi connectivity index (χ1v) is 5.91. The van der Waals surface area contributed by atoms with Gasteiger partial charge in [0.2, 0.25) is 0 Å². The predicted octanol–water partition coefficient (Wildman–Crippen LogP) is 2.31. The van der Waals surface area contributed by atoms with E-state index in [1.165, 1.54) is 0 Å². The Morgan fingerprint density at radius 1 is 1.06 bits per heavy atom. The van der Waals surface area contributed by atoms with Crippen LogP contribution in [0.2, 0.25) is 0 Å². The van der Waals surface area contributed by atoms with Gasteiger partial charge in [0.25, 0.3) is 0 Å². The molecule has 94 valence electrons. The summed E-state index contributed by atoms with van der Waals surface area (Å²) in [7, 11) is 0. The molecule has 1 unspecified atom stereocenters. The van der Waals surface area contributed by atoms with Crippen molar-refractivity contribution in [1.29, 1.82) is 0 Å². The van der Waals surface area contributed by atoms with Gasteiger partial charge in [0, 0.05) is 12.8 Å². The Morgan fingerprint density at radius 2 is 1.62 bits per heavy atom. The molecule has 4 heteroatoms. The van der Waals surface area contributed by atoms with Crippen molar-refractivity contribution in [2.24, 2.45) is 5.92 Å². The van der Waals surface area contributed by atoms with Gasteiger partial charge in [-0.1, -0.05) is 20.3 Å². The van der Waals surface area contributed by atoms with Gasteiger partial charge in [-0.2, -0.15) is 0 Å². The average Bonchev–Trinajstić information content (AvgIpc) is 2.26. The molecule has 0 radical (unpaired) electrons. The third-order valence-corrected chi connectivity index (χ3v) is 2.29. The monoisotopic (exact) mass is 230 g/mol. The molecule has 0 aromatic rings. The normalized spacial score (nSPS) is 11.9. The second kappa shape index (κ2) is 9.19. The molecule has 0 aromatic carbocycles. The molecule has 0 aliphatic heterocycles. The van der Waals surface area contributed by atoms with Crippen molar-refractivity contribution in [3.05, 3.63) is 0 Å². The van der Waals surface area contributed by atoms with Crippen LogP contribution in [0, 0.1) is 5.92 Å². The van der Waals surface area contributed by atoms with Crippen molar-refractivity contribution in [2.45, 2.75) is 46.5 Å². The van der Waals surface area contributed by atoms with Crippen LogP contribution in [0.15, 0.2) is 0 Å². The molecule has 0 aromatic heterocycles. The molecule has 0 heterocycles. The molecule has 0 saturated heterocycles. The molecule has 16 heavy (non-hydrogen) atoms. The van der Waals surface area contributed by atoms with Crippen LogP contribution in [0.1, 0.15) is 46.5 Å². The molecule has 1 atom stereocenters. The van der Waals surface area contributed by atoms with E-state index in [1.807, 2.05) is 6.92 Å². The fourth-order valence-corrected chi connectivity index (χ4v) is 1.04. The van der Waals surface area contributed by atoms with E-state index in [0.29, 0.717) is 25.6 Å². The van der Waals surface area contributed by atoms with Crippen LogP contribution in [0.25, 0.3) is 0 Å². The minimum atomic E-state index is -0.253. The van der Waals surface area contributed by atoms with Crippen LogP contribution in [0.3, 0.4) is 0 Å². The second-order valence-corrected chi connectivity index (χ2v) is 3.86. The SMILES string of the molecule is CCOC(=O)CCCC(=O)OCC(C)CC. The van der Waals surface area contributed by atoms with Crippen LogP contribution in [-0.4, -0.2) is 25.2 Å². The average molecular weight is 230 g/mol. The highest BCUT2D eigenvalue weighted by molar-refractivity contribution is 5.72. The van der Waals surface area contributed by atoms with Gasteiger partial charge in [-0.3, -0.25) is 9.59 Å². The van der Waals surface area contributed by atoms with Crippen molar-refractivity contribution in [3.8, 4) is 0 Å². The zero-order chi connectivity index (χ0) is 12.4. The third-order valence-electron chi connectivity index (χ3n) is 2.29. The quantitative estimate of drug-likeness (QED) is 0.600. The minimum absolute atomic E-state index is 0.232. The van der Waals surface area contributed by atoms with Crippen molar-refractivity contribution in [3.63, 3.8) is 0 Å². The van der Waals surface area contributed by atoms with E-state index in [-0.39, 0.29) is 24.8 Å². The molecule has 0 rings (SSSR count). The molecular weight excluding hydrogens is 208 g/mol. The first-order valence-electron chi connectivity index (χ1n) is 5.91. The maximum absolute atomic E-state index is 11.2. The van der Waals surface area contributed by atoms with Crippen molar-refractivity contribution >= 4 is 11.9 Å². The summed E-state index contributed by atoms with van der Waals surface area (Å²) in [5, 5.41) is 0. The zero-order valence-electron chi connectivity index (χ0n) is 10.5. The van der Waals surface area contributed by atoms with Crippen LogP contribution in [0.5, 0.6) is 0 Å². The molecule has 4 nitrogen and oxygen atoms in total. The first kappa shape index (κ1) is 14.9. The van der Waals surface area contributed by atoms with Gasteiger partial charge in [-0.25, -0.2) is 0 Å². The van der Waals surface area contributed by atoms with Gasteiger partial charge in [-0.05, 0) is 19.3 Å². The van der Waals surface area contributed by atoms with E-state index in [9.17, 15) is 9.59 Å². The lowest BCUT2D eigenvalue weighted by Gasteiger charge is -2.09. The molecule has 0 bridgehead atoms. The number of ether oxygens (including phenoxy) is 2. The lowest BCUT2D eigenvalue weighted by atomic mass is 10.1. The summed E-state index contributed by atoms with van der Waals surface area (Å²) in [4.78, 5) is 22.2. The topological polar surface area (TPSA) is 52.6 Å². The maximum atomic E-state index is 11.2. The van der Waals surface area contributed by atoms with Crippen LogP contribution in [-0.2, 0) is 19.1 Å². The predicted molar refractivity (Wildman–Crippen MR) is 60.9 cm³/mol. The van der Waals surface area contributed by atoms with Gasteiger partial charge in [0.05, 0.1) is 13.2 Å². The van der Waals surface area contributed by atoms with Gasteiger partial charge >= 0.3 is 11.9 Å². The fourth-order valence-electron chi connectivity index (χ4n) is 1.04. The summed E-state index contributed by atoms with van der Waals surface area (Å²) in [5.74, 6) is -0.0872. The largest absolute Gasteiger partial charge is 0.466 e. The molecule has 0 aliphatic rings. The van der Waals surface area contributed by atoms with E-state index in [1.54, 1.807) is 6.92 Å². The highest BCUT2D eigenvalue weighted by atomic mass is 16.5. The van der Waals surface area contributed by atoms with Gasteiger partial charge in [0.15, 0.2) is 0 Å². The Hall–Kier alpha value is -1.06. The number of carbonyl (C=O) groups excluding carboxylic acids is 2. The van der Waals surface area contributed by atoms with E-state index in [4.69, 9.17) is 9.47 Å². The summed E-state index contributed by atoms with van der Waals surface area (Å²) < 4.78 is 9.79. The van der Waals surface area contributed by atoms with Crippen LogP contribution < -0.4 is 0 Å². The number of hydrogen-bond donors (Lipinski definition) is 0. The lowest BCUT2D eigenvalue weighted by Crippen LogP contribution is -2.12. The molecule has 0 N–H and O–H groups in total. The zero-order valence-corrected chi connectivity index (χ0v) is 10.5. The van der Waals surface area contributed by atoms with Crippen molar-refractivity contribution in [2.75, 3.05) is 13.2 Å². The Balaban J connectivity index is 3.47. The number of rotatable bonds is 8. The summed E-state index contributed by atoms with van der Waals surface area (Å²) in [5.41, 5.74) is 0. The van der Waals surface area contributed by atoms with Crippen molar-refractivity contribution < 1.29 is 19.1 Å². The van der Waals surface area contributed by atoms with Gasteiger partial charge < -0.3 is 9.47 Å². The van der Waals surface area contributed by atoms with E-state index in [2.05, 4.69) is 6.92 Å². The Bertz CT molecular complexity index is 213. The summed E-state index contributed by atoms with van der Waals surface area (Å²) in [6, 6.07) is 0. The lowest BCUT2D eigenvalue weighted by molar-refractivity contribution is -0.146. The summed E-state index contributed by atoms with van der Waals surface area (Å²) >= 11 is 0. The highest BCUT2D eigenvalue weighted by Gasteiger charge is 2.08. The summed E-state index contributed by atoms with van der Waals surface area (Å²) in [6.45, 7) is 6.70. The van der Waals surface area contributed by atoms with Crippen molar-refractivity contribution in [1.82, 2.24) is 0 Å². The second-order valence-electron chi connectivity index (χ2n) is 3.86. The van der Waals surface area contributed by atoms with Gasteiger partial charge in [-0.15, -0.1) is 0 Å². The minimum Gasteiger partial charge on any atom is -0.466 e. The maximum Gasteiger partial charge on any atom is 0.305 e. The third kappa shape index (κ3) is 8.26. The molecule has 0 saturated carbocycles. The molecular formula is C12H22O4. The smallest absolute Gasteiger partial charge is 0.305 e. The van der Waals surface area contributed by atoms with E-state index >= 15 is 0 Å². The summed E-state index contributed by atoms with van der Waals surface area (Å²) in [6.07, 6.45) is 2.07. The Kier molecular flexibility index (Phi) is 8.58. The van der Waals surface area contributed by atoms with Crippen LogP contribution in [0.4, 0.5) is 0 Å². The molecule has 0 amide bonds. The standard InChI is InChI=1S/C12H22O4/c1-4-10(3)9-16-12(14)8-6-7-11(13)15-5-2/h10H,4-9H2,1-3H3.